The first kappa shape index (κ1) is 16.6. The van der Waals surface area contributed by atoms with Gasteiger partial charge in [0, 0.05) is 18.4 Å². The van der Waals surface area contributed by atoms with Gasteiger partial charge in [-0.2, -0.15) is 0 Å². The first-order valence-corrected chi connectivity index (χ1v) is 7.79. The number of anilines is 2. The Labute approximate surface area is 145 Å². The molecule has 0 unspecified atom stereocenters. The highest BCUT2D eigenvalue weighted by Gasteiger charge is 2.09. The summed E-state index contributed by atoms with van der Waals surface area (Å²) < 4.78 is 12.9. The van der Waals surface area contributed by atoms with Crippen molar-refractivity contribution in [2.45, 2.75) is 13.5 Å². The van der Waals surface area contributed by atoms with Crippen molar-refractivity contribution < 1.29 is 9.18 Å². The molecule has 0 atom stereocenters. The Bertz CT molecular complexity index is 863. The second-order valence-corrected chi connectivity index (χ2v) is 5.57. The van der Waals surface area contributed by atoms with Crippen LogP contribution >= 0.6 is 0 Å². The molecule has 1 aromatic heterocycles. The summed E-state index contributed by atoms with van der Waals surface area (Å²) >= 11 is 0. The molecule has 3 aromatic rings. The second-order valence-electron chi connectivity index (χ2n) is 5.57. The topological polar surface area (TPSA) is 66.9 Å². The molecule has 1 heterocycles. The fourth-order valence-electron chi connectivity index (χ4n) is 2.19. The summed E-state index contributed by atoms with van der Waals surface area (Å²) in [6, 6.07) is 15.2. The van der Waals surface area contributed by atoms with Gasteiger partial charge in [0.2, 0.25) is 5.95 Å². The molecule has 0 fully saturated rings. The standard InChI is InChI=1S/C19H17FN4O/c1-13-2-8-16(9-3-13)23-18(25)17-10-11-21-19(24-17)22-12-14-4-6-15(20)7-5-14/h2-11H,12H2,1H3,(H,23,25)(H,21,22,24). The minimum atomic E-state index is -0.309. The maximum Gasteiger partial charge on any atom is 0.274 e. The zero-order valence-electron chi connectivity index (χ0n) is 13.7. The summed E-state index contributed by atoms with van der Waals surface area (Å²) in [7, 11) is 0. The number of rotatable bonds is 5. The molecule has 0 saturated heterocycles. The Morgan fingerprint density at radius 1 is 1.04 bits per heavy atom. The van der Waals surface area contributed by atoms with Crippen LogP contribution in [-0.4, -0.2) is 15.9 Å². The van der Waals surface area contributed by atoms with Crippen molar-refractivity contribution in [3.63, 3.8) is 0 Å². The zero-order chi connectivity index (χ0) is 17.6. The summed E-state index contributed by atoms with van der Waals surface area (Å²) in [6.07, 6.45) is 1.52. The number of halogens is 1. The van der Waals surface area contributed by atoms with Crippen LogP contribution in [0.2, 0.25) is 0 Å². The van der Waals surface area contributed by atoms with E-state index in [1.54, 1.807) is 18.2 Å². The highest BCUT2D eigenvalue weighted by atomic mass is 19.1. The Morgan fingerprint density at radius 3 is 2.48 bits per heavy atom. The number of amides is 1. The molecule has 6 heteroatoms. The minimum Gasteiger partial charge on any atom is -0.350 e. The van der Waals surface area contributed by atoms with E-state index in [9.17, 15) is 9.18 Å². The quantitative estimate of drug-likeness (QED) is 0.744. The SMILES string of the molecule is Cc1ccc(NC(=O)c2ccnc(NCc3ccc(F)cc3)n2)cc1. The van der Waals surface area contributed by atoms with Crippen LogP contribution in [0.25, 0.3) is 0 Å². The number of aryl methyl sites for hydroxylation is 1. The molecule has 5 nitrogen and oxygen atoms in total. The lowest BCUT2D eigenvalue weighted by molar-refractivity contribution is 0.102. The zero-order valence-corrected chi connectivity index (χ0v) is 13.7. The maximum absolute atomic E-state index is 12.9. The maximum atomic E-state index is 12.9. The predicted octanol–water partition coefficient (Wildman–Crippen LogP) is 3.79. The van der Waals surface area contributed by atoms with E-state index in [0.717, 1.165) is 11.1 Å². The lowest BCUT2D eigenvalue weighted by Gasteiger charge is -2.08. The van der Waals surface area contributed by atoms with E-state index >= 15 is 0 Å². The Balaban J connectivity index is 1.64. The number of nitrogens with zero attached hydrogens (tertiary/aromatic N) is 2. The number of aromatic nitrogens is 2. The lowest BCUT2D eigenvalue weighted by atomic mass is 10.2. The largest absolute Gasteiger partial charge is 0.350 e. The smallest absolute Gasteiger partial charge is 0.274 e. The fourth-order valence-corrected chi connectivity index (χ4v) is 2.19. The third-order valence-corrected chi connectivity index (χ3v) is 3.56. The number of carbonyl (C=O) groups excluding carboxylic acids is 1. The van der Waals surface area contributed by atoms with Crippen LogP contribution in [0.5, 0.6) is 0 Å². The van der Waals surface area contributed by atoms with Crippen molar-refractivity contribution >= 4 is 17.5 Å². The van der Waals surface area contributed by atoms with Crippen LogP contribution < -0.4 is 10.6 Å². The molecule has 0 radical (unpaired) electrons. The number of hydrogen-bond donors (Lipinski definition) is 2. The third-order valence-electron chi connectivity index (χ3n) is 3.56. The van der Waals surface area contributed by atoms with E-state index in [-0.39, 0.29) is 17.4 Å². The van der Waals surface area contributed by atoms with Gasteiger partial charge in [0.15, 0.2) is 0 Å². The van der Waals surface area contributed by atoms with Crippen molar-refractivity contribution in [1.82, 2.24) is 9.97 Å². The van der Waals surface area contributed by atoms with Crippen molar-refractivity contribution in [3.8, 4) is 0 Å². The molecule has 2 aromatic carbocycles. The van der Waals surface area contributed by atoms with E-state index < -0.39 is 0 Å². The Morgan fingerprint density at radius 2 is 1.76 bits per heavy atom. The van der Waals surface area contributed by atoms with Gasteiger partial charge in [0.25, 0.3) is 5.91 Å². The molecule has 0 aliphatic rings. The van der Waals surface area contributed by atoms with Gasteiger partial charge < -0.3 is 10.6 Å². The van der Waals surface area contributed by atoms with Crippen LogP contribution in [0.3, 0.4) is 0 Å². The predicted molar refractivity (Wildman–Crippen MR) is 94.9 cm³/mol. The van der Waals surface area contributed by atoms with Gasteiger partial charge in [0.1, 0.15) is 11.5 Å². The molecule has 1 amide bonds. The summed E-state index contributed by atoms with van der Waals surface area (Å²) in [6.45, 7) is 2.42. The molecule has 0 bridgehead atoms. The third kappa shape index (κ3) is 4.60. The molecular formula is C19H17FN4O. The normalized spacial score (nSPS) is 10.3. The summed E-state index contributed by atoms with van der Waals surface area (Å²) in [5.41, 5.74) is 2.97. The number of nitrogens with one attached hydrogen (secondary N) is 2. The van der Waals surface area contributed by atoms with E-state index in [1.807, 2.05) is 31.2 Å². The molecule has 25 heavy (non-hydrogen) atoms. The van der Waals surface area contributed by atoms with Gasteiger partial charge in [-0.25, -0.2) is 14.4 Å². The lowest BCUT2D eigenvalue weighted by Crippen LogP contribution is -2.15. The van der Waals surface area contributed by atoms with Gasteiger partial charge in [0.05, 0.1) is 0 Å². The molecule has 0 aliphatic carbocycles. The van der Waals surface area contributed by atoms with E-state index in [0.29, 0.717) is 18.2 Å². The van der Waals surface area contributed by atoms with Crippen LogP contribution in [-0.2, 0) is 6.54 Å². The van der Waals surface area contributed by atoms with Gasteiger partial charge in [-0.05, 0) is 42.8 Å². The number of carbonyl (C=O) groups is 1. The molecule has 0 aliphatic heterocycles. The van der Waals surface area contributed by atoms with Crippen molar-refractivity contribution in [2.75, 3.05) is 10.6 Å². The van der Waals surface area contributed by atoms with Crippen LogP contribution in [0.1, 0.15) is 21.6 Å². The molecular weight excluding hydrogens is 319 g/mol. The Hall–Kier alpha value is -3.28. The molecule has 0 saturated carbocycles. The van der Waals surface area contributed by atoms with Gasteiger partial charge in [-0.3, -0.25) is 4.79 Å². The first-order valence-electron chi connectivity index (χ1n) is 7.79. The van der Waals surface area contributed by atoms with Crippen LogP contribution in [0.15, 0.2) is 60.8 Å². The van der Waals surface area contributed by atoms with E-state index in [2.05, 4.69) is 20.6 Å². The van der Waals surface area contributed by atoms with Crippen LogP contribution in [0, 0.1) is 12.7 Å². The number of benzene rings is 2. The Kier molecular flexibility index (Phi) is 4.99. The number of hydrogen-bond acceptors (Lipinski definition) is 4. The second kappa shape index (κ2) is 7.53. The van der Waals surface area contributed by atoms with E-state index in [1.165, 1.54) is 18.3 Å². The highest BCUT2D eigenvalue weighted by molar-refractivity contribution is 6.02. The molecule has 126 valence electrons. The summed E-state index contributed by atoms with van der Waals surface area (Å²) in [4.78, 5) is 20.6. The molecule has 2 N–H and O–H groups in total. The fraction of sp³-hybridized carbons (Fsp3) is 0.105. The first-order chi connectivity index (χ1) is 12.1. The van der Waals surface area contributed by atoms with Crippen LogP contribution in [0.4, 0.5) is 16.0 Å². The summed E-state index contributed by atoms with van der Waals surface area (Å²) in [5, 5.41) is 5.82. The van der Waals surface area contributed by atoms with Crippen molar-refractivity contribution in [2.24, 2.45) is 0 Å². The van der Waals surface area contributed by atoms with Gasteiger partial charge in [-0.1, -0.05) is 29.8 Å². The molecule has 0 spiro atoms. The molecule has 3 rings (SSSR count). The monoisotopic (exact) mass is 336 g/mol. The van der Waals surface area contributed by atoms with Crippen molar-refractivity contribution in [3.05, 3.63) is 83.4 Å². The van der Waals surface area contributed by atoms with Crippen molar-refractivity contribution in [1.29, 1.82) is 0 Å². The average Bonchev–Trinajstić information content (AvgIpc) is 2.63. The minimum absolute atomic E-state index is 0.261. The summed E-state index contributed by atoms with van der Waals surface area (Å²) in [5.74, 6) is -0.258. The highest BCUT2D eigenvalue weighted by Crippen LogP contribution is 2.11. The average molecular weight is 336 g/mol. The van der Waals surface area contributed by atoms with E-state index in [4.69, 9.17) is 0 Å². The van der Waals surface area contributed by atoms with Gasteiger partial charge in [-0.15, -0.1) is 0 Å². The van der Waals surface area contributed by atoms with Gasteiger partial charge >= 0.3 is 0 Å².